The fraction of sp³-hybridized carbons (Fsp3) is 0.214. The van der Waals surface area contributed by atoms with Crippen molar-refractivity contribution in [3.05, 3.63) is 50.0 Å². The minimum atomic E-state index is -0.606. The lowest BCUT2D eigenvalue weighted by Gasteiger charge is -2.09. The summed E-state index contributed by atoms with van der Waals surface area (Å²) in [5.74, 6) is -0.194. The molecule has 0 aliphatic rings. The van der Waals surface area contributed by atoms with Gasteiger partial charge in [0.2, 0.25) is 5.91 Å². The molecule has 24 heavy (non-hydrogen) atoms. The molecule has 0 atom stereocenters. The van der Waals surface area contributed by atoms with Gasteiger partial charge in [-0.1, -0.05) is 0 Å². The lowest BCUT2D eigenvalue weighted by molar-refractivity contribution is -0.116. The first-order valence-electron chi connectivity index (χ1n) is 6.90. The molecular formula is C14H13BrN6O3. The number of nitrogens with zero attached hydrogens (tertiary/aromatic N) is 5. The van der Waals surface area contributed by atoms with Crippen molar-refractivity contribution in [1.82, 2.24) is 23.7 Å². The molecule has 3 aromatic rings. The van der Waals surface area contributed by atoms with E-state index in [1.165, 1.54) is 28.7 Å². The van der Waals surface area contributed by atoms with E-state index < -0.39 is 23.7 Å². The standard InChI is InChI=1S/C14H13BrN6O3/c1-19-7-17-12-11(19)13(23)21(14(24)20(12)2)6-10(22)18-9-4-3-8(15)5-16-9/h3-5,7H,6H2,1-2H3,(H,16,18,22). The number of nitrogens with one attached hydrogen (secondary N) is 1. The highest BCUT2D eigenvalue weighted by Gasteiger charge is 2.17. The van der Waals surface area contributed by atoms with Gasteiger partial charge in [-0.3, -0.25) is 14.2 Å². The monoisotopic (exact) mass is 392 g/mol. The predicted molar refractivity (Wildman–Crippen MR) is 90.8 cm³/mol. The second kappa shape index (κ2) is 6.04. The summed E-state index contributed by atoms with van der Waals surface area (Å²) >= 11 is 3.25. The van der Waals surface area contributed by atoms with Gasteiger partial charge in [0.05, 0.1) is 6.33 Å². The van der Waals surface area contributed by atoms with Gasteiger partial charge >= 0.3 is 5.69 Å². The van der Waals surface area contributed by atoms with Crippen LogP contribution < -0.4 is 16.6 Å². The first-order chi connectivity index (χ1) is 11.4. The summed E-state index contributed by atoms with van der Waals surface area (Å²) in [6.45, 7) is -0.412. The minimum absolute atomic E-state index is 0.256. The number of hydrogen-bond donors (Lipinski definition) is 1. The van der Waals surface area contributed by atoms with E-state index in [4.69, 9.17) is 0 Å². The van der Waals surface area contributed by atoms with E-state index in [0.29, 0.717) is 5.82 Å². The Bertz CT molecular complexity index is 1050. The number of amides is 1. The van der Waals surface area contributed by atoms with Crippen molar-refractivity contribution >= 4 is 38.8 Å². The van der Waals surface area contributed by atoms with Crippen LogP contribution in [0, 0.1) is 0 Å². The summed E-state index contributed by atoms with van der Waals surface area (Å²) in [6.07, 6.45) is 2.98. The number of fused-ring (bicyclic) bond motifs is 1. The number of aryl methyl sites for hydroxylation is 2. The summed E-state index contributed by atoms with van der Waals surface area (Å²) in [5, 5.41) is 2.55. The van der Waals surface area contributed by atoms with Crippen molar-refractivity contribution in [2.45, 2.75) is 6.54 Å². The number of imidazole rings is 1. The molecule has 1 amide bonds. The zero-order valence-corrected chi connectivity index (χ0v) is 14.4. The Morgan fingerprint density at radius 2 is 2.00 bits per heavy atom. The maximum absolute atomic E-state index is 12.5. The number of pyridine rings is 1. The van der Waals surface area contributed by atoms with Crippen LogP contribution in [0.25, 0.3) is 11.2 Å². The van der Waals surface area contributed by atoms with Crippen molar-refractivity contribution in [3.8, 4) is 0 Å². The Morgan fingerprint density at radius 1 is 1.25 bits per heavy atom. The van der Waals surface area contributed by atoms with Crippen LogP contribution in [0.5, 0.6) is 0 Å². The average Bonchev–Trinajstić information content (AvgIpc) is 2.94. The fourth-order valence-electron chi connectivity index (χ4n) is 2.31. The third-order valence-corrected chi connectivity index (χ3v) is 3.97. The molecule has 1 N–H and O–H groups in total. The van der Waals surface area contributed by atoms with Crippen LogP contribution in [0.1, 0.15) is 0 Å². The van der Waals surface area contributed by atoms with Gasteiger partial charge in [-0.15, -0.1) is 0 Å². The third-order valence-electron chi connectivity index (χ3n) is 3.50. The van der Waals surface area contributed by atoms with Crippen molar-refractivity contribution in [3.63, 3.8) is 0 Å². The Kier molecular flexibility index (Phi) is 4.06. The molecule has 3 rings (SSSR count). The first kappa shape index (κ1) is 16.1. The van der Waals surface area contributed by atoms with Gasteiger partial charge in [0.25, 0.3) is 5.56 Å². The van der Waals surface area contributed by atoms with E-state index in [1.807, 2.05) is 0 Å². The SMILES string of the molecule is Cn1cnc2c1c(=O)n(CC(=O)Nc1ccc(Br)cn1)c(=O)n2C. The molecule has 0 fully saturated rings. The molecule has 0 unspecified atom stereocenters. The third kappa shape index (κ3) is 2.75. The molecule has 0 spiro atoms. The lowest BCUT2D eigenvalue weighted by atomic mass is 10.4. The summed E-state index contributed by atoms with van der Waals surface area (Å²) < 4.78 is 4.40. The van der Waals surface area contributed by atoms with Crippen molar-refractivity contribution in [2.75, 3.05) is 5.32 Å². The number of rotatable bonds is 3. The second-order valence-corrected chi connectivity index (χ2v) is 6.09. The topological polar surface area (TPSA) is 104 Å². The quantitative estimate of drug-likeness (QED) is 0.686. The Labute approximate surface area is 143 Å². The number of hydrogen-bond acceptors (Lipinski definition) is 5. The summed E-state index contributed by atoms with van der Waals surface area (Å²) in [6, 6.07) is 3.32. The second-order valence-electron chi connectivity index (χ2n) is 5.17. The van der Waals surface area contributed by atoms with Gasteiger partial charge < -0.3 is 9.88 Å². The smallest absolute Gasteiger partial charge is 0.328 e. The van der Waals surface area contributed by atoms with Crippen molar-refractivity contribution < 1.29 is 4.79 Å². The summed E-state index contributed by atoms with van der Waals surface area (Å²) in [4.78, 5) is 45.0. The van der Waals surface area contributed by atoms with E-state index in [9.17, 15) is 14.4 Å². The Balaban J connectivity index is 1.96. The largest absolute Gasteiger partial charge is 0.332 e. The Hall–Kier alpha value is -2.75. The van der Waals surface area contributed by atoms with Crippen LogP contribution in [0.4, 0.5) is 5.82 Å². The van der Waals surface area contributed by atoms with Crippen LogP contribution in [-0.4, -0.2) is 29.6 Å². The lowest BCUT2D eigenvalue weighted by Crippen LogP contribution is -2.42. The molecule has 9 nitrogen and oxygen atoms in total. The van der Waals surface area contributed by atoms with Gasteiger partial charge in [0.1, 0.15) is 12.4 Å². The van der Waals surface area contributed by atoms with Gasteiger partial charge in [0.15, 0.2) is 11.2 Å². The number of halogens is 1. The van der Waals surface area contributed by atoms with E-state index in [2.05, 4.69) is 31.2 Å². The molecule has 0 bridgehead atoms. The van der Waals surface area contributed by atoms with Gasteiger partial charge in [0, 0.05) is 24.8 Å². The molecule has 0 aliphatic carbocycles. The van der Waals surface area contributed by atoms with Crippen molar-refractivity contribution in [2.24, 2.45) is 14.1 Å². The van der Waals surface area contributed by atoms with Gasteiger partial charge in [-0.2, -0.15) is 0 Å². The average molecular weight is 393 g/mol. The summed E-state index contributed by atoms with van der Waals surface area (Å²) in [7, 11) is 3.15. The number of aromatic nitrogens is 5. The molecule has 0 aliphatic heterocycles. The van der Waals surface area contributed by atoms with E-state index in [-0.39, 0.29) is 11.2 Å². The molecule has 10 heteroatoms. The highest BCUT2D eigenvalue weighted by atomic mass is 79.9. The zero-order chi connectivity index (χ0) is 17.4. The highest BCUT2D eigenvalue weighted by molar-refractivity contribution is 9.10. The first-order valence-corrected chi connectivity index (χ1v) is 7.70. The fourth-order valence-corrected chi connectivity index (χ4v) is 2.55. The van der Waals surface area contributed by atoms with Crippen molar-refractivity contribution in [1.29, 1.82) is 0 Å². The molecule has 0 radical (unpaired) electrons. The Morgan fingerprint density at radius 3 is 2.67 bits per heavy atom. The van der Waals surface area contributed by atoms with E-state index in [0.717, 1.165) is 9.04 Å². The van der Waals surface area contributed by atoms with Crippen LogP contribution in [0.3, 0.4) is 0 Å². The normalized spacial score (nSPS) is 11.0. The van der Waals surface area contributed by atoms with E-state index in [1.54, 1.807) is 19.2 Å². The number of carbonyl (C=O) groups excluding carboxylic acids is 1. The zero-order valence-electron chi connectivity index (χ0n) is 12.9. The van der Waals surface area contributed by atoms with Gasteiger partial charge in [-0.25, -0.2) is 19.3 Å². The van der Waals surface area contributed by atoms with Crippen LogP contribution in [-0.2, 0) is 25.4 Å². The molecule has 124 valence electrons. The maximum Gasteiger partial charge on any atom is 0.332 e. The molecule has 0 saturated carbocycles. The molecule has 0 aromatic carbocycles. The number of carbonyl (C=O) groups is 1. The number of anilines is 1. The van der Waals surface area contributed by atoms with E-state index >= 15 is 0 Å². The summed E-state index contributed by atoms with van der Waals surface area (Å²) in [5.41, 5.74) is -0.637. The maximum atomic E-state index is 12.5. The minimum Gasteiger partial charge on any atom is -0.328 e. The van der Waals surface area contributed by atoms with Crippen LogP contribution >= 0.6 is 15.9 Å². The molecule has 0 saturated heterocycles. The molecular weight excluding hydrogens is 380 g/mol. The highest BCUT2D eigenvalue weighted by Crippen LogP contribution is 2.10. The van der Waals surface area contributed by atoms with Crippen LogP contribution in [0.15, 0.2) is 38.7 Å². The van der Waals surface area contributed by atoms with Crippen LogP contribution in [0.2, 0.25) is 0 Å². The predicted octanol–water partition coefficient (Wildman–Crippen LogP) is 0.230. The molecule has 3 aromatic heterocycles. The molecule has 3 heterocycles. The van der Waals surface area contributed by atoms with Gasteiger partial charge in [-0.05, 0) is 28.1 Å².